The molecule has 0 bridgehead atoms. The molecule has 8 heteroatoms. The van der Waals surface area contributed by atoms with E-state index in [1.54, 1.807) is 19.9 Å². The Labute approximate surface area is 225 Å². The molecule has 0 spiro atoms. The monoisotopic (exact) mass is 545 g/mol. The number of aromatic nitrogens is 1. The number of sulfone groups is 1. The SMILES string of the molecule is CC.Cc1cc(OCCCS(C)(=O)=O)nc(C)c1-c1ccc(F)c(COc2ccc3c(c2)CC(C)C3)c1F. The van der Waals surface area contributed by atoms with Crippen molar-refractivity contribution in [2.75, 3.05) is 18.6 Å². The molecule has 0 N–H and O–H groups in total. The molecule has 38 heavy (non-hydrogen) atoms. The van der Waals surface area contributed by atoms with E-state index in [9.17, 15) is 12.8 Å². The molecule has 0 aliphatic heterocycles. The third kappa shape index (κ3) is 7.31. The van der Waals surface area contributed by atoms with Crippen LogP contribution in [0, 0.1) is 31.4 Å². The van der Waals surface area contributed by atoms with Gasteiger partial charge in [-0.25, -0.2) is 22.2 Å². The summed E-state index contributed by atoms with van der Waals surface area (Å²) >= 11 is 0. The Kier molecular flexibility index (Phi) is 9.88. The number of hydrogen-bond acceptors (Lipinski definition) is 5. The minimum atomic E-state index is -3.06. The molecule has 0 radical (unpaired) electrons. The van der Waals surface area contributed by atoms with Gasteiger partial charge in [-0.05, 0) is 80.0 Å². The quantitative estimate of drug-likeness (QED) is 0.277. The number of hydrogen-bond donors (Lipinski definition) is 0. The molecule has 1 unspecified atom stereocenters. The van der Waals surface area contributed by atoms with Gasteiger partial charge >= 0.3 is 0 Å². The van der Waals surface area contributed by atoms with Crippen LogP contribution in [0.25, 0.3) is 11.1 Å². The number of benzene rings is 2. The summed E-state index contributed by atoms with van der Waals surface area (Å²) in [6.45, 7) is 9.71. The molecule has 0 saturated carbocycles. The predicted molar refractivity (Wildman–Crippen MR) is 148 cm³/mol. The molecule has 206 valence electrons. The number of fused-ring (bicyclic) bond motifs is 1. The first-order valence-electron chi connectivity index (χ1n) is 13.0. The summed E-state index contributed by atoms with van der Waals surface area (Å²) in [4.78, 5) is 4.41. The fraction of sp³-hybridized carbons (Fsp3) is 0.433. The predicted octanol–water partition coefficient (Wildman–Crippen LogP) is 6.80. The lowest BCUT2D eigenvalue weighted by atomic mass is 9.97. The summed E-state index contributed by atoms with van der Waals surface area (Å²) < 4.78 is 64.2. The lowest BCUT2D eigenvalue weighted by molar-refractivity contribution is 0.292. The molecule has 1 aliphatic carbocycles. The van der Waals surface area contributed by atoms with Crippen LogP contribution in [0.15, 0.2) is 36.4 Å². The van der Waals surface area contributed by atoms with E-state index < -0.39 is 21.5 Å². The third-order valence-electron chi connectivity index (χ3n) is 6.44. The summed E-state index contributed by atoms with van der Waals surface area (Å²) in [5.41, 5.74) is 4.43. The van der Waals surface area contributed by atoms with Gasteiger partial charge in [0, 0.05) is 29.1 Å². The zero-order chi connectivity index (χ0) is 28.0. The van der Waals surface area contributed by atoms with Crippen molar-refractivity contribution in [1.29, 1.82) is 0 Å². The molecule has 0 amide bonds. The van der Waals surface area contributed by atoms with Gasteiger partial charge in [-0.15, -0.1) is 0 Å². The van der Waals surface area contributed by atoms with Crippen molar-refractivity contribution in [3.05, 3.63) is 76.0 Å². The van der Waals surface area contributed by atoms with Gasteiger partial charge in [-0.1, -0.05) is 26.8 Å². The van der Waals surface area contributed by atoms with Crippen LogP contribution >= 0.6 is 0 Å². The minimum Gasteiger partial charge on any atom is -0.489 e. The molecule has 1 heterocycles. The number of nitrogens with zero attached hydrogens (tertiary/aromatic N) is 1. The molecule has 0 fully saturated rings. The fourth-order valence-corrected chi connectivity index (χ4v) is 5.40. The molecule has 3 aromatic rings. The van der Waals surface area contributed by atoms with E-state index in [1.165, 1.54) is 29.5 Å². The van der Waals surface area contributed by atoms with Crippen LogP contribution in [0.4, 0.5) is 8.78 Å². The number of halogens is 2. The molecule has 0 saturated heterocycles. The number of pyridine rings is 1. The summed E-state index contributed by atoms with van der Waals surface area (Å²) in [6.07, 6.45) is 3.54. The van der Waals surface area contributed by atoms with Crippen LogP contribution in [-0.2, 0) is 29.3 Å². The van der Waals surface area contributed by atoms with Gasteiger partial charge in [0.1, 0.15) is 33.8 Å². The maximum atomic E-state index is 15.6. The fourth-order valence-electron chi connectivity index (χ4n) is 4.76. The van der Waals surface area contributed by atoms with E-state index >= 15 is 4.39 Å². The largest absolute Gasteiger partial charge is 0.489 e. The second-order valence-corrected chi connectivity index (χ2v) is 11.9. The van der Waals surface area contributed by atoms with E-state index in [0.717, 1.165) is 12.8 Å². The minimum absolute atomic E-state index is 0.0270. The topological polar surface area (TPSA) is 65.5 Å². The summed E-state index contributed by atoms with van der Waals surface area (Å²) in [7, 11) is -3.06. The summed E-state index contributed by atoms with van der Waals surface area (Å²) in [5, 5.41) is 0. The van der Waals surface area contributed by atoms with Gasteiger partial charge in [0.25, 0.3) is 0 Å². The molecule has 2 aromatic carbocycles. The highest BCUT2D eigenvalue weighted by atomic mass is 32.2. The second-order valence-electron chi connectivity index (χ2n) is 9.69. The van der Waals surface area contributed by atoms with Crippen molar-refractivity contribution in [2.45, 2.75) is 60.5 Å². The first-order valence-corrected chi connectivity index (χ1v) is 15.1. The molecular weight excluding hydrogens is 508 g/mol. The Hall–Kier alpha value is -3.00. The second kappa shape index (κ2) is 12.7. The molecule has 5 nitrogen and oxygen atoms in total. The van der Waals surface area contributed by atoms with E-state index in [2.05, 4.69) is 11.9 Å². The van der Waals surface area contributed by atoms with Gasteiger partial charge < -0.3 is 9.47 Å². The maximum Gasteiger partial charge on any atom is 0.213 e. The van der Waals surface area contributed by atoms with Crippen molar-refractivity contribution < 1.29 is 26.7 Å². The van der Waals surface area contributed by atoms with Crippen LogP contribution in [0.5, 0.6) is 11.6 Å². The lowest BCUT2D eigenvalue weighted by Gasteiger charge is -2.16. The Morgan fingerprint density at radius 2 is 1.71 bits per heavy atom. The van der Waals surface area contributed by atoms with Crippen LogP contribution < -0.4 is 9.47 Å². The number of rotatable bonds is 9. The number of ether oxygens (including phenoxy) is 2. The van der Waals surface area contributed by atoms with Gasteiger partial charge in [0.05, 0.1) is 17.9 Å². The van der Waals surface area contributed by atoms with Crippen molar-refractivity contribution >= 4 is 9.84 Å². The first-order chi connectivity index (χ1) is 18.0. The standard InChI is InChI=1S/C28H31F2NO4S.C2H6/c1-17-12-20-6-7-22(15-21(20)13-17)35-16-24-25(29)9-8-23(28(24)30)27-18(2)14-26(31-19(27)3)34-10-5-11-36(4,32)33;1-2/h6-9,14-15,17H,5,10-13,16H2,1-4H3;1-2H3. The highest BCUT2D eigenvalue weighted by Crippen LogP contribution is 2.34. The Morgan fingerprint density at radius 3 is 2.39 bits per heavy atom. The van der Waals surface area contributed by atoms with E-state index in [0.29, 0.717) is 40.8 Å². The third-order valence-corrected chi connectivity index (χ3v) is 7.47. The average Bonchev–Trinajstić information content (AvgIpc) is 3.22. The van der Waals surface area contributed by atoms with Crippen LogP contribution in [-0.4, -0.2) is 32.0 Å². The average molecular weight is 546 g/mol. The van der Waals surface area contributed by atoms with Crippen LogP contribution in [0.2, 0.25) is 0 Å². The number of aryl methyl sites for hydroxylation is 2. The first kappa shape index (κ1) is 29.6. The van der Waals surface area contributed by atoms with Gasteiger partial charge in [0.15, 0.2) is 0 Å². The van der Waals surface area contributed by atoms with Crippen molar-refractivity contribution in [2.24, 2.45) is 5.92 Å². The van der Waals surface area contributed by atoms with E-state index in [1.807, 2.05) is 32.0 Å². The zero-order valence-electron chi connectivity index (χ0n) is 23.0. The zero-order valence-corrected chi connectivity index (χ0v) is 23.8. The maximum absolute atomic E-state index is 15.6. The van der Waals surface area contributed by atoms with Gasteiger partial charge in [0.2, 0.25) is 5.88 Å². The van der Waals surface area contributed by atoms with Crippen molar-refractivity contribution in [3.8, 4) is 22.8 Å². The van der Waals surface area contributed by atoms with E-state index in [4.69, 9.17) is 9.47 Å². The highest BCUT2D eigenvalue weighted by Gasteiger charge is 2.21. The molecule has 1 atom stereocenters. The van der Waals surface area contributed by atoms with Crippen LogP contribution in [0.1, 0.15) is 55.1 Å². The molecular formula is C30H37F2NO4S. The Bertz CT molecular complexity index is 1370. The lowest BCUT2D eigenvalue weighted by Crippen LogP contribution is -2.09. The van der Waals surface area contributed by atoms with Gasteiger partial charge in [-0.2, -0.15) is 0 Å². The van der Waals surface area contributed by atoms with Gasteiger partial charge in [-0.3, -0.25) is 0 Å². The Morgan fingerprint density at radius 1 is 1.00 bits per heavy atom. The Balaban J connectivity index is 0.00000195. The van der Waals surface area contributed by atoms with Crippen molar-refractivity contribution in [1.82, 2.24) is 4.98 Å². The molecule has 1 aliphatic rings. The normalized spacial score (nSPS) is 14.5. The van der Waals surface area contributed by atoms with Crippen molar-refractivity contribution in [3.63, 3.8) is 0 Å². The smallest absolute Gasteiger partial charge is 0.213 e. The summed E-state index contributed by atoms with van der Waals surface area (Å²) in [6, 6.07) is 10.2. The molecule has 1 aromatic heterocycles. The highest BCUT2D eigenvalue weighted by molar-refractivity contribution is 7.90. The summed E-state index contributed by atoms with van der Waals surface area (Å²) in [5.74, 6) is 0.197. The molecule has 4 rings (SSSR count). The van der Waals surface area contributed by atoms with E-state index in [-0.39, 0.29) is 30.1 Å². The van der Waals surface area contributed by atoms with Crippen LogP contribution in [0.3, 0.4) is 0 Å².